The summed E-state index contributed by atoms with van der Waals surface area (Å²) >= 11 is 0. The first-order chi connectivity index (χ1) is 22.3. The number of carbonyl (C=O) groups is 2. The third-order valence-electron chi connectivity index (χ3n) is 8.28. The number of ether oxygens (including phenoxy) is 2. The SMILES string of the molecule is CCCCCCCCC=CCCCCCCCC(=O)O[C@H](COC(=O)CCCCCCCCCCCCCCC)COP(=O)([O-])O.[Na+]. The summed E-state index contributed by atoms with van der Waals surface area (Å²) in [4.78, 5) is 44.5. The average Bonchev–Trinajstić information content (AvgIpc) is 3.02. The van der Waals surface area contributed by atoms with Gasteiger partial charge in [0.2, 0.25) is 0 Å². The van der Waals surface area contributed by atoms with Crippen LogP contribution in [0, 0.1) is 0 Å². The number of hydrogen-bond donors (Lipinski definition) is 1. The van der Waals surface area contributed by atoms with Gasteiger partial charge in [0.25, 0.3) is 7.82 Å². The van der Waals surface area contributed by atoms with Crippen molar-refractivity contribution in [2.24, 2.45) is 0 Å². The van der Waals surface area contributed by atoms with Gasteiger partial charge >= 0.3 is 41.5 Å². The molecule has 0 spiro atoms. The van der Waals surface area contributed by atoms with Crippen molar-refractivity contribution < 1.29 is 67.5 Å². The molecule has 1 N–H and O–H groups in total. The van der Waals surface area contributed by atoms with Crippen LogP contribution in [0.4, 0.5) is 0 Å². The van der Waals surface area contributed by atoms with Crippen molar-refractivity contribution in [3.05, 3.63) is 12.2 Å². The van der Waals surface area contributed by atoms with Gasteiger partial charge in [-0.3, -0.25) is 14.2 Å². The predicted octanol–water partition coefficient (Wildman–Crippen LogP) is 7.44. The van der Waals surface area contributed by atoms with Crippen LogP contribution in [0.2, 0.25) is 0 Å². The fourth-order valence-electron chi connectivity index (χ4n) is 5.42. The molecule has 0 aromatic heterocycles. The van der Waals surface area contributed by atoms with E-state index in [-0.39, 0.29) is 49.0 Å². The number of esters is 2. The molecule has 0 saturated heterocycles. The van der Waals surface area contributed by atoms with E-state index < -0.39 is 32.5 Å². The number of rotatable bonds is 35. The maximum absolute atomic E-state index is 12.3. The van der Waals surface area contributed by atoms with E-state index >= 15 is 0 Å². The molecule has 8 nitrogen and oxygen atoms in total. The molecule has 2 atom stereocenters. The standard InChI is InChI=1S/C37H71O8P.Na/c1-3-5-7-9-11-13-15-17-18-20-22-24-26-28-30-32-37(39)45-35(34-44-46(40,41)42)33-43-36(38)31-29-27-25-23-21-19-16-14-12-10-8-6-4-2;/h17-18,35H,3-16,19-34H2,1-2H3,(H2,40,41,42);/q;+1/p-1/t35-;/m1./s1. The first-order valence-corrected chi connectivity index (χ1v) is 20.5. The molecule has 0 radical (unpaired) electrons. The van der Waals surface area contributed by atoms with E-state index in [0.717, 1.165) is 51.4 Å². The second-order valence-corrected chi connectivity index (χ2v) is 14.1. The molecular weight excluding hydrogens is 626 g/mol. The van der Waals surface area contributed by atoms with Gasteiger partial charge in [-0.25, -0.2) is 0 Å². The van der Waals surface area contributed by atoms with Crippen LogP contribution in [-0.4, -0.2) is 36.1 Å². The van der Waals surface area contributed by atoms with Gasteiger partial charge in [0.1, 0.15) is 6.61 Å². The summed E-state index contributed by atoms with van der Waals surface area (Å²) in [5.41, 5.74) is 0. The Bertz CT molecular complexity index is 773. The van der Waals surface area contributed by atoms with Crippen LogP contribution in [0.25, 0.3) is 0 Å². The van der Waals surface area contributed by atoms with Crippen molar-refractivity contribution in [2.45, 2.75) is 200 Å². The summed E-state index contributed by atoms with van der Waals surface area (Å²) in [6.07, 6.45) is 34.8. The Morgan fingerprint density at radius 1 is 0.596 bits per heavy atom. The van der Waals surface area contributed by atoms with Gasteiger partial charge in [0.05, 0.1) is 6.61 Å². The maximum atomic E-state index is 12.3. The summed E-state index contributed by atoms with van der Waals surface area (Å²) in [6, 6.07) is 0. The molecule has 0 fully saturated rings. The zero-order valence-electron chi connectivity index (χ0n) is 30.7. The quantitative estimate of drug-likeness (QED) is 0.0239. The molecule has 0 amide bonds. The second kappa shape index (κ2) is 37.1. The topological polar surface area (TPSA) is 122 Å². The monoisotopic (exact) mass is 696 g/mol. The minimum absolute atomic E-state index is 0. The Kier molecular flexibility index (Phi) is 38.6. The molecule has 0 heterocycles. The van der Waals surface area contributed by atoms with Gasteiger partial charge in [0.15, 0.2) is 6.10 Å². The van der Waals surface area contributed by atoms with Crippen LogP contribution in [0.1, 0.15) is 194 Å². The largest absolute Gasteiger partial charge is 1.00 e. The maximum Gasteiger partial charge on any atom is 1.00 e. The van der Waals surface area contributed by atoms with Crippen molar-refractivity contribution in [3.8, 4) is 0 Å². The minimum Gasteiger partial charge on any atom is -0.756 e. The van der Waals surface area contributed by atoms with Gasteiger partial charge < -0.3 is 23.8 Å². The van der Waals surface area contributed by atoms with Crippen LogP contribution >= 0.6 is 7.82 Å². The van der Waals surface area contributed by atoms with E-state index in [9.17, 15) is 19.0 Å². The number of allylic oxidation sites excluding steroid dienone is 2. The first kappa shape index (κ1) is 48.9. The van der Waals surface area contributed by atoms with Gasteiger partial charge in [-0.2, -0.15) is 0 Å². The molecule has 272 valence electrons. The summed E-state index contributed by atoms with van der Waals surface area (Å²) < 4.78 is 26.0. The van der Waals surface area contributed by atoms with Gasteiger partial charge in [-0.15, -0.1) is 0 Å². The van der Waals surface area contributed by atoms with Crippen LogP contribution < -0.4 is 34.5 Å². The molecule has 0 aliphatic heterocycles. The van der Waals surface area contributed by atoms with Gasteiger partial charge in [-0.1, -0.05) is 154 Å². The number of unbranched alkanes of at least 4 members (excludes halogenated alkanes) is 23. The second-order valence-electron chi connectivity index (χ2n) is 12.9. The summed E-state index contributed by atoms with van der Waals surface area (Å²) in [7, 11) is -4.99. The normalized spacial score (nSPS) is 13.3. The predicted molar refractivity (Wildman–Crippen MR) is 186 cm³/mol. The zero-order valence-corrected chi connectivity index (χ0v) is 33.6. The number of carbonyl (C=O) groups excluding carboxylic acids is 2. The molecule has 0 aliphatic carbocycles. The number of hydrogen-bond acceptors (Lipinski definition) is 7. The molecule has 1 unspecified atom stereocenters. The van der Waals surface area contributed by atoms with Crippen LogP contribution in [0.15, 0.2) is 12.2 Å². The summed E-state index contributed by atoms with van der Waals surface area (Å²) in [6.45, 7) is 3.58. The van der Waals surface area contributed by atoms with E-state index in [1.165, 1.54) is 109 Å². The fraction of sp³-hybridized carbons (Fsp3) is 0.892. The summed E-state index contributed by atoms with van der Waals surface area (Å²) in [5.74, 6) is -0.923. The number of phosphoric acid groups is 1. The van der Waals surface area contributed by atoms with Gasteiger partial charge in [0, 0.05) is 12.8 Å². The van der Waals surface area contributed by atoms with Crippen molar-refractivity contribution in [1.29, 1.82) is 0 Å². The van der Waals surface area contributed by atoms with Gasteiger partial charge in [-0.05, 0) is 38.5 Å². The molecule has 10 heteroatoms. The molecule has 0 aliphatic rings. The molecule has 0 bridgehead atoms. The van der Waals surface area contributed by atoms with Crippen LogP contribution in [-0.2, 0) is 28.2 Å². The summed E-state index contributed by atoms with van der Waals surface area (Å²) in [5, 5.41) is 0. The average molecular weight is 697 g/mol. The fourth-order valence-corrected chi connectivity index (χ4v) is 5.78. The molecule has 0 rings (SSSR count). The third kappa shape index (κ3) is 40.1. The Labute approximate surface area is 310 Å². The smallest absolute Gasteiger partial charge is 0.756 e. The van der Waals surface area contributed by atoms with E-state index in [4.69, 9.17) is 14.4 Å². The molecule has 0 saturated carbocycles. The molecule has 0 aromatic carbocycles. The van der Waals surface area contributed by atoms with Crippen molar-refractivity contribution in [2.75, 3.05) is 13.2 Å². The number of phosphoric ester groups is 1. The Morgan fingerprint density at radius 2 is 0.957 bits per heavy atom. The van der Waals surface area contributed by atoms with E-state index in [1.807, 2.05) is 0 Å². The Balaban J connectivity index is 0. The third-order valence-corrected chi connectivity index (χ3v) is 8.75. The van der Waals surface area contributed by atoms with E-state index in [1.54, 1.807) is 0 Å². The Morgan fingerprint density at radius 3 is 1.36 bits per heavy atom. The molecular formula is C37H70NaO8P. The molecule has 47 heavy (non-hydrogen) atoms. The minimum atomic E-state index is -4.99. The van der Waals surface area contributed by atoms with Crippen molar-refractivity contribution >= 4 is 19.8 Å². The van der Waals surface area contributed by atoms with Crippen molar-refractivity contribution in [1.82, 2.24) is 0 Å². The van der Waals surface area contributed by atoms with E-state index in [2.05, 4.69) is 30.5 Å². The van der Waals surface area contributed by atoms with Crippen molar-refractivity contribution in [3.63, 3.8) is 0 Å². The van der Waals surface area contributed by atoms with Crippen LogP contribution in [0.3, 0.4) is 0 Å². The molecule has 0 aromatic rings. The Hall–Kier alpha value is -0.210. The zero-order chi connectivity index (χ0) is 34.0. The van der Waals surface area contributed by atoms with Crippen LogP contribution in [0.5, 0.6) is 0 Å². The first-order valence-electron chi connectivity index (χ1n) is 19.0. The van der Waals surface area contributed by atoms with E-state index in [0.29, 0.717) is 6.42 Å².